The van der Waals surface area contributed by atoms with E-state index < -0.39 is 15.6 Å². The molecule has 0 bridgehead atoms. The largest absolute Gasteiger partial charge is 0.387 e. The van der Waals surface area contributed by atoms with E-state index in [0.29, 0.717) is 6.54 Å². The molecular weight excluding hydrogens is 204 g/mol. The van der Waals surface area contributed by atoms with Crippen LogP contribution in [0.1, 0.15) is 13.3 Å². The predicted molar refractivity (Wildman–Crippen MR) is 54.2 cm³/mol. The lowest BCUT2D eigenvalue weighted by atomic mass is 9.89. The van der Waals surface area contributed by atoms with Crippen molar-refractivity contribution in [3.05, 3.63) is 0 Å². The van der Waals surface area contributed by atoms with E-state index in [4.69, 9.17) is 5.73 Å². The van der Waals surface area contributed by atoms with Crippen molar-refractivity contribution < 1.29 is 13.5 Å². The first-order valence-electron chi connectivity index (χ1n) is 4.71. The van der Waals surface area contributed by atoms with Crippen molar-refractivity contribution in [3.8, 4) is 0 Å². The molecule has 0 amide bonds. The molecule has 3 N–H and O–H groups in total. The summed E-state index contributed by atoms with van der Waals surface area (Å²) in [4.78, 5) is 0. The van der Waals surface area contributed by atoms with Crippen LogP contribution in [0.3, 0.4) is 0 Å². The molecule has 0 aromatic heterocycles. The van der Waals surface area contributed by atoms with Gasteiger partial charge < -0.3 is 10.8 Å². The summed E-state index contributed by atoms with van der Waals surface area (Å²) in [5, 5.41) is 10.1. The molecule has 0 aliphatic carbocycles. The van der Waals surface area contributed by atoms with Crippen LogP contribution >= 0.6 is 0 Å². The van der Waals surface area contributed by atoms with Crippen LogP contribution in [0.2, 0.25) is 0 Å². The van der Waals surface area contributed by atoms with Crippen LogP contribution in [0.5, 0.6) is 0 Å². The van der Waals surface area contributed by atoms with Gasteiger partial charge in [0, 0.05) is 25.6 Å². The zero-order valence-corrected chi connectivity index (χ0v) is 9.42. The van der Waals surface area contributed by atoms with E-state index in [0.717, 1.165) is 12.7 Å². The highest BCUT2D eigenvalue weighted by atomic mass is 32.2. The number of nitrogens with zero attached hydrogens (tertiary/aromatic N) is 1. The van der Waals surface area contributed by atoms with Gasteiger partial charge in [0.2, 0.25) is 10.0 Å². The van der Waals surface area contributed by atoms with E-state index in [-0.39, 0.29) is 19.0 Å². The van der Waals surface area contributed by atoms with Gasteiger partial charge in [0.05, 0.1) is 11.9 Å². The second-order valence-corrected chi connectivity index (χ2v) is 5.95. The minimum atomic E-state index is -3.21. The Balaban J connectivity index is 2.86. The molecule has 1 heterocycles. The van der Waals surface area contributed by atoms with Crippen molar-refractivity contribution in [2.24, 2.45) is 11.7 Å². The van der Waals surface area contributed by atoms with Crippen LogP contribution in [-0.2, 0) is 10.0 Å². The third kappa shape index (κ3) is 2.08. The number of rotatable bonds is 3. The van der Waals surface area contributed by atoms with Crippen LogP contribution < -0.4 is 5.73 Å². The molecular formula is C8H18N2O3S. The summed E-state index contributed by atoms with van der Waals surface area (Å²) >= 11 is 0. The zero-order chi connectivity index (χ0) is 11.0. The Bertz CT molecular complexity index is 304. The molecule has 1 rings (SSSR count). The van der Waals surface area contributed by atoms with Crippen molar-refractivity contribution in [1.82, 2.24) is 4.31 Å². The Morgan fingerprint density at radius 3 is 2.50 bits per heavy atom. The van der Waals surface area contributed by atoms with E-state index >= 15 is 0 Å². The van der Waals surface area contributed by atoms with E-state index in [9.17, 15) is 13.5 Å². The molecule has 84 valence electrons. The van der Waals surface area contributed by atoms with Crippen molar-refractivity contribution in [1.29, 1.82) is 0 Å². The number of nitrogens with two attached hydrogens (primary N) is 1. The lowest BCUT2D eigenvalue weighted by Crippen LogP contribution is -2.45. The third-order valence-electron chi connectivity index (χ3n) is 2.95. The van der Waals surface area contributed by atoms with Gasteiger partial charge in [0.25, 0.3) is 0 Å². The summed E-state index contributed by atoms with van der Waals surface area (Å²) < 4.78 is 23.8. The highest BCUT2D eigenvalue weighted by Crippen LogP contribution is 2.30. The molecule has 0 aromatic carbocycles. The summed E-state index contributed by atoms with van der Waals surface area (Å²) in [6.45, 7) is 2.54. The van der Waals surface area contributed by atoms with Crippen molar-refractivity contribution in [3.63, 3.8) is 0 Å². The van der Waals surface area contributed by atoms with E-state index in [1.165, 1.54) is 4.31 Å². The van der Waals surface area contributed by atoms with Gasteiger partial charge in [-0.25, -0.2) is 8.42 Å². The van der Waals surface area contributed by atoms with E-state index in [1.807, 2.05) is 6.92 Å². The predicted octanol–water partition coefficient (Wildman–Crippen LogP) is -1.02. The number of hydrogen-bond donors (Lipinski definition) is 2. The SMILES string of the molecule is CC[C@H]1CN(S(C)(=O)=O)C[C@@]1(O)CN. The van der Waals surface area contributed by atoms with Gasteiger partial charge in [-0.2, -0.15) is 4.31 Å². The number of aliphatic hydroxyl groups is 1. The maximum atomic E-state index is 11.3. The van der Waals surface area contributed by atoms with Gasteiger partial charge in [0.1, 0.15) is 0 Å². The van der Waals surface area contributed by atoms with E-state index in [2.05, 4.69) is 0 Å². The minimum Gasteiger partial charge on any atom is -0.387 e. The summed E-state index contributed by atoms with van der Waals surface area (Å²) in [7, 11) is -3.21. The van der Waals surface area contributed by atoms with Gasteiger partial charge in [0.15, 0.2) is 0 Å². The monoisotopic (exact) mass is 222 g/mol. The standard InChI is InChI=1S/C8H18N2O3S/c1-3-7-4-10(14(2,12)13)6-8(7,11)5-9/h7,11H,3-6,9H2,1-2H3/t7-,8-/m0/s1. The molecule has 1 aliphatic heterocycles. The summed E-state index contributed by atoms with van der Waals surface area (Å²) in [5.41, 5.74) is 4.42. The molecule has 0 spiro atoms. The molecule has 5 nitrogen and oxygen atoms in total. The van der Waals surface area contributed by atoms with Gasteiger partial charge in [-0.15, -0.1) is 0 Å². The second kappa shape index (κ2) is 3.77. The second-order valence-electron chi connectivity index (χ2n) is 3.97. The lowest BCUT2D eigenvalue weighted by Gasteiger charge is -2.26. The molecule has 1 fully saturated rings. The van der Waals surface area contributed by atoms with Crippen molar-refractivity contribution in [2.45, 2.75) is 18.9 Å². The van der Waals surface area contributed by atoms with Crippen molar-refractivity contribution in [2.75, 3.05) is 25.9 Å². The highest BCUT2D eigenvalue weighted by molar-refractivity contribution is 7.88. The van der Waals surface area contributed by atoms with Gasteiger partial charge in [-0.3, -0.25) is 0 Å². The Hall–Kier alpha value is -0.170. The quantitative estimate of drug-likeness (QED) is 0.640. The maximum absolute atomic E-state index is 11.3. The molecule has 0 radical (unpaired) electrons. The number of β-amino-alcohol motifs (C(OH)–C–C–N with tert-alkyl or cyclic N) is 1. The minimum absolute atomic E-state index is 0.0535. The molecule has 0 aromatic rings. The van der Waals surface area contributed by atoms with Crippen LogP contribution in [0.4, 0.5) is 0 Å². The first kappa shape index (κ1) is 11.9. The first-order valence-corrected chi connectivity index (χ1v) is 6.56. The molecule has 1 aliphatic rings. The molecule has 6 heteroatoms. The first-order chi connectivity index (χ1) is 6.33. The van der Waals surface area contributed by atoms with Crippen LogP contribution in [0.15, 0.2) is 0 Å². The Morgan fingerprint density at radius 1 is 1.64 bits per heavy atom. The Morgan fingerprint density at radius 2 is 2.21 bits per heavy atom. The summed E-state index contributed by atoms with van der Waals surface area (Å²) in [6, 6.07) is 0. The number of hydrogen-bond acceptors (Lipinski definition) is 4. The summed E-state index contributed by atoms with van der Waals surface area (Å²) in [6.07, 6.45) is 1.89. The van der Waals surface area contributed by atoms with Gasteiger partial charge in [-0.05, 0) is 6.42 Å². The topological polar surface area (TPSA) is 83.6 Å². The molecule has 0 saturated carbocycles. The fraction of sp³-hybridized carbons (Fsp3) is 1.00. The molecule has 0 unspecified atom stereocenters. The fourth-order valence-electron chi connectivity index (χ4n) is 1.91. The van der Waals surface area contributed by atoms with Crippen LogP contribution in [-0.4, -0.2) is 49.3 Å². The molecule has 14 heavy (non-hydrogen) atoms. The van der Waals surface area contributed by atoms with Gasteiger partial charge >= 0.3 is 0 Å². The number of sulfonamides is 1. The highest BCUT2D eigenvalue weighted by Gasteiger charge is 2.45. The fourth-order valence-corrected chi connectivity index (χ4v) is 2.82. The summed E-state index contributed by atoms with van der Waals surface area (Å²) in [5.74, 6) is -0.0535. The van der Waals surface area contributed by atoms with Crippen LogP contribution in [0.25, 0.3) is 0 Å². The normalized spacial score (nSPS) is 35.0. The van der Waals surface area contributed by atoms with Crippen LogP contribution in [0, 0.1) is 5.92 Å². The average molecular weight is 222 g/mol. The lowest BCUT2D eigenvalue weighted by molar-refractivity contribution is 0.0223. The Kier molecular flexibility index (Phi) is 3.20. The Labute approximate surface area is 84.9 Å². The molecule has 2 atom stereocenters. The average Bonchev–Trinajstić information content (AvgIpc) is 2.43. The molecule has 1 saturated heterocycles. The zero-order valence-electron chi connectivity index (χ0n) is 8.60. The van der Waals surface area contributed by atoms with E-state index in [1.54, 1.807) is 0 Å². The van der Waals surface area contributed by atoms with Crippen molar-refractivity contribution >= 4 is 10.0 Å². The van der Waals surface area contributed by atoms with Gasteiger partial charge in [-0.1, -0.05) is 6.92 Å². The third-order valence-corrected chi connectivity index (χ3v) is 4.17. The maximum Gasteiger partial charge on any atom is 0.211 e. The smallest absolute Gasteiger partial charge is 0.211 e.